The van der Waals surface area contributed by atoms with Crippen LogP contribution in [0.2, 0.25) is 0 Å². The summed E-state index contributed by atoms with van der Waals surface area (Å²) in [6.45, 7) is 11.0. The fourth-order valence-electron chi connectivity index (χ4n) is 3.40. The molecule has 4 amide bonds. The van der Waals surface area contributed by atoms with Crippen LogP contribution in [0.3, 0.4) is 0 Å². The minimum atomic E-state index is -1.17. The molecule has 0 aliphatic rings. The first kappa shape index (κ1) is 30.5. The number of rotatable bonds is 11. The van der Waals surface area contributed by atoms with E-state index < -0.39 is 35.5 Å². The number of nitrogens with zero attached hydrogens (tertiary/aromatic N) is 1. The fourth-order valence-corrected chi connectivity index (χ4v) is 3.40. The van der Waals surface area contributed by atoms with Crippen molar-refractivity contribution in [1.29, 1.82) is 0 Å². The highest BCUT2D eigenvalue weighted by Crippen LogP contribution is 2.21. The van der Waals surface area contributed by atoms with Crippen LogP contribution in [0.15, 0.2) is 30.3 Å². The Morgan fingerprint density at radius 3 is 2.03 bits per heavy atom. The van der Waals surface area contributed by atoms with Gasteiger partial charge in [0.05, 0.1) is 0 Å². The molecule has 0 radical (unpaired) electrons. The van der Waals surface area contributed by atoms with E-state index in [-0.39, 0.29) is 45.0 Å². The summed E-state index contributed by atoms with van der Waals surface area (Å²) in [7, 11) is 0. The summed E-state index contributed by atoms with van der Waals surface area (Å²) in [5, 5.41) is 17.6. The lowest BCUT2D eigenvalue weighted by molar-refractivity contribution is -0.122. The van der Waals surface area contributed by atoms with Crippen LogP contribution in [0.4, 0.5) is 14.4 Å². The van der Waals surface area contributed by atoms with Crippen LogP contribution >= 0.6 is 0 Å². The number of nitrogens with one attached hydrogen (secondary N) is 3. The molecule has 0 spiro atoms. The monoisotopic (exact) mass is 508 g/mol. The maximum absolute atomic E-state index is 12.6. The maximum atomic E-state index is 12.6. The number of carbonyl (C=O) groups is 4. The molecule has 0 aliphatic carbocycles. The van der Waals surface area contributed by atoms with Gasteiger partial charge < -0.3 is 30.5 Å². The molecule has 202 valence electrons. The summed E-state index contributed by atoms with van der Waals surface area (Å²) in [5.41, 5.74) is -0.563. The van der Waals surface area contributed by atoms with Gasteiger partial charge in [0.25, 0.3) is 0 Å². The normalized spacial score (nSPS) is 12.2. The van der Waals surface area contributed by atoms with Crippen molar-refractivity contribution in [2.24, 2.45) is 0 Å². The number of carboxylic acid groups (broad SMARTS) is 1. The number of alkyl carbamates (subject to hydrolysis) is 2. The van der Waals surface area contributed by atoms with Gasteiger partial charge in [0.1, 0.15) is 12.2 Å². The average Bonchev–Trinajstić information content (AvgIpc) is 2.73. The zero-order chi connectivity index (χ0) is 27.4. The van der Waals surface area contributed by atoms with Crippen molar-refractivity contribution < 1.29 is 33.8 Å². The molecule has 0 fully saturated rings. The predicted octanol–water partition coefficient (Wildman–Crippen LogP) is 3.48. The SMILES string of the molecule is CC(C)(C)OC(=O)NCCNC(=O)CC(CCNC(=O)OCc1ccccc1)N(C(=O)O)C(C)(C)C. The molecule has 1 atom stereocenters. The molecule has 11 nitrogen and oxygen atoms in total. The second-order valence-corrected chi connectivity index (χ2v) is 10.2. The van der Waals surface area contributed by atoms with E-state index in [1.807, 2.05) is 30.3 Å². The average molecular weight is 509 g/mol. The predicted molar refractivity (Wildman–Crippen MR) is 135 cm³/mol. The van der Waals surface area contributed by atoms with E-state index in [1.165, 1.54) is 4.90 Å². The van der Waals surface area contributed by atoms with Crippen molar-refractivity contribution in [3.8, 4) is 0 Å². The minimum Gasteiger partial charge on any atom is -0.465 e. The summed E-state index contributed by atoms with van der Waals surface area (Å²) in [4.78, 5) is 49.5. The van der Waals surface area contributed by atoms with E-state index in [4.69, 9.17) is 9.47 Å². The molecule has 1 unspecified atom stereocenters. The lowest BCUT2D eigenvalue weighted by Crippen LogP contribution is -2.53. The molecule has 0 heterocycles. The molecular weight excluding hydrogens is 468 g/mol. The Balaban J connectivity index is 2.61. The molecule has 36 heavy (non-hydrogen) atoms. The number of ether oxygens (including phenoxy) is 2. The number of amides is 4. The molecule has 0 aliphatic heterocycles. The smallest absolute Gasteiger partial charge is 0.407 e. The Morgan fingerprint density at radius 1 is 0.889 bits per heavy atom. The topological polar surface area (TPSA) is 146 Å². The van der Waals surface area contributed by atoms with Crippen molar-refractivity contribution in [2.45, 2.75) is 78.2 Å². The highest BCUT2D eigenvalue weighted by atomic mass is 16.6. The van der Waals surface area contributed by atoms with E-state index in [1.54, 1.807) is 41.5 Å². The van der Waals surface area contributed by atoms with Crippen LogP contribution in [0.25, 0.3) is 0 Å². The summed E-state index contributed by atoms with van der Waals surface area (Å²) in [5.74, 6) is -0.381. The molecular formula is C25H40N4O7. The summed E-state index contributed by atoms with van der Waals surface area (Å²) < 4.78 is 10.3. The molecule has 1 aromatic carbocycles. The van der Waals surface area contributed by atoms with Gasteiger partial charge in [0.15, 0.2) is 0 Å². The van der Waals surface area contributed by atoms with Crippen LogP contribution in [-0.4, -0.2) is 71.0 Å². The first-order chi connectivity index (χ1) is 16.7. The molecule has 1 rings (SSSR count). The Labute approximate surface area is 212 Å². The number of hydrogen-bond donors (Lipinski definition) is 4. The third-order valence-electron chi connectivity index (χ3n) is 4.79. The number of benzene rings is 1. The standard InChI is InChI=1S/C25H40N4O7/c1-24(2,3)29(23(33)34)19(12-13-27-21(31)35-17-18-10-8-7-9-11-18)16-20(30)26-14-15-28-22(32)36-25(4,5)6/h7-11,19H,12-17H2,1-6H3,(H,26,30)(H,27,31)(H,28,32)(H,33,34). The van der Waals surface area contributed by atoms with E-state index in [2.05, 4.69) is 16.0 Å². The first-order valence-corrected chi connectivity index (χ1v) is 11.9. The first-order valence-electron chi connectivity index (χ1n) is 11.9. The maximum Gasteiger partial charge on any atom is 0.407 e. The number of carbonyl (C=O) groups excluding carboxylic acids is 3. The van der Waals surface area contributed by atoms with Gasteiger partial charge in [-0.3, -0.25) is 9.69 Å². The molecule has 0 saturated heterocycles. The highest BCUT2D eigenvalue weighted by molar-refractivity contribution is 5.77. The van der Waals surface area contributed by atoms with Gasteiger partial charge in [-0.25, -0.2) is 14.4 Å². The van der Waals surface area contributed by atoms with E-state index in [0.29, 0.717) is 0 Å². The summed E-state index contributed by atoms with van der Waals surface area (Å²) >= 11 is 0. The second kappa shape index (κ2) is 14.2. The largest absolute Gasteiger partial charge is 0.465 e. The Hall–Kier alpha value is -3.50. The zero-order valence-corrected chi connectivity index (χ0v) is 22.1. The Bertz CT molecular complexity index is 863. The molecule has 1 aromatic rings. The lowest BCUT2D eigenvalue weighted by atomic mass is 9.99. The van der Waals surface area contributed by atoms with E-state index in [0.717, 1.165) is 5.56 Å². The van der Waals surface area contributed by atoms with Gasteiger partial charge in [-0.15, -0.1) is 0 Å². The quantitative estimate of drug-likeness (QED) is 0.335. The zero-order valence-electron chi connectivity index (χ0n) is 22.1. The van der Waals surface area contributed by atoms with Crippen molar-refractivity contribution in [2.75, 3.05) is 19.6 Å². The van der Waals surface area contributed by atoms with Gasteiger partial charge in [-0.1, -0.05) is 30.3 Å². The second-order valence-electron chi connectivity index (χ2n) is 10.2. The van der Waals surface area contributed by atoms with E-state index >= 15 is 0 Å². The van der Waals surface area contributed by atoms with Crippen molar-refractivity contribution in [1.82, 2.24) is 20.9 Å². The van der Waals surface area contributed by atoms with Gasteiger partial charge in [-0.2, -0.15) is 0 Å². The lowest BCUT2D eigenvalue weighted by Gasteiger charge is -2.39. The summed E-state index contributed by atoms with van der Waals surface area (Å²) in [6, 6.07) is 8.51. The van der Waals surface area contributed by atoms with Crippen LogP contribution < -0.4 is 16.0 Å². The van der Waals surface area contributed by atoms with Gasteiger partial charge in [0, 0.05) is 37.6 Å². The Morgan fingerprint density at radius 2 is 1.47 bits per heavy atom. The third kappa shape index (κ3) is 12.8. The van der Waals surface area contributed by atoms with Gasteiger partial charge in [-0.05, 0) is 53.5 Å². The van der Waals surface area contributed by atoms with Crippen LogP contribution in [-0.2, 0) is 20.9 Å². The van der Waals surface area contributed by atoms with E-state index in [9.17, 15) is 24.3 Å². The molecule has 4 N–H and O–H groups in total. The fraction of sp³-hybridized carbons (Fsp3) is 0.600. The van der Waals surface area contributed by atoms with Gasteiger partial charge in [0.2, 0.25) is 5.91 Å². The van der Waals surface area contributed by atoms with Crippen molar-refractivity contribution in [3.05, 3.63) is 35.9 Å². The molecule has 0 aromatic heterocycles. The third-order valence-corrected chi connectivity index (χ3v) is 4.79. The molecule has 11 heteroatoms. The number of hydrogen-bond acceptors (Lipinski definition) is 6. The van der Waals surface area contributed by atoms with Crippen molar-refractivity contribution in [3.63, 3.8) is 0 Å². The van der Waals surface area contributed by atoms with Gasteiger partial charge >= 0.3 is 18.3 Å². The van der Waals surface area contributed by atoms with Crippen LogP contribution in [0, 0.1) is 0 Å². The highest BCUT2D eigenvalue weighted by Gasteiger charge is 2.34. The van der Waals surface area contributed by atoms with Crippen LogP contribution in [0.5, 0.6) is 0 Å². The summed E-state index contributed by atoms with van der Waals surface area (Å²) in [6.07, 6.45) is -2.30. The van der Waals surface area contributed by atoms with Crippen molar-refractivity contribution >= 4 is 24.2 Å². The molecule has 0 bridgehead atoms. The minimum absolute atomic E-state index is 0.110. The van der Waals surface area contributed by atoms with Crippen LogP contribution in [0.1, 0.15) is 59.9 Å². The Kier molecular flexibility index (Phi) is 12.0. The molecule has 0 saturated carbocycles.